The third kappa shape index (κ3) is 4.75. The molecular formula is C18H23FN4O. The van der Waals surface area contributed by atoms with Gasteiger partial charge in [0, 0.05) is 24.5 Å². The Kier molecular flexibility index (Phi) is 6.23. The molecule has 1 amide bonds. The lowest BCUT2D eigenvalue weighted by Crippen LogP contribution is -2.33. The molecule has 0 saturated carbocycles. The first-order chi connectivity index (χ1) is 11.5. The van der Waals surface area contributed by atoms with Crippen molar-refractivity contribution in [1.82, 2.24) is 14.9 Å². The van der Waals surface area contributed by atoms with Crippen molar-refractivity contribution in [2.45, 2.75) is 33.6 Å². The molecule has 0 fully saturated rings. The highest BCUT2D eigenvalue weighted by molar-refractivity contribution is 5.92. The van der Waals surface area contributed by atoms with Crippen LogP contribution in [0.2, 0.25) is 0 Å². The third-order valence-corrected chi connectivity index (χ3v) is 3.43. The average Bonchev–Trinajstić information content (AvgIpc) is 2.53. The second kappa shape index (κ2) is 8.38. The lowest BCUT2D eigenvalue weighted by Gasteiger charge is -2.21. The van der Waals surface area contributed by atoms with Gasteiger partial charge in [0.05, 0.1) is 0 Å². The van der Waals surface area contributed by atoms with Gasteiger partial charge in [-0.25, -0.2) is 14.4 Å². The van der Waals surface area contributed by atoms with Gasteiger partial charge in [0.2, 0.25) is 5.95 Å². The molecule has 0 saturated heterocycles. The second-order valence-corrected chi connectivity index (χ2v) is 5.65. The van der Waals surface area contributed by atoms with Crippen LogP contribution in [0, 0.1) is 12.7 Å². The van der Waals surface area contributed by atoms with Crippen LogP contribution in [0.25, 0.3) is 0 Å². The number of nitrogens with zero attached hydrogens (tertiary/aromatic N) is 3. The highest BCUT2D eigenvalue weighted by atomic mass is 19.1. The Labute approximate surface area is 141 Å². The summed E-state index contributed by atoms with van der Waals surface area (Å²) in [6, 6.07) is 7.72. The number of nitrogens with one attached hydrogen (secondary N) is 1. The standard InChI is InChI=1S/C18H23FN4O/c1-4-9-23(10-5-2)17(24)16-11-13(3)20-18(22-16)21-15-8-6-7-14(19)12-15/h6-8,11-12H,4-5,9-10H2,1-3H3,(H,20,21,22). The molecule has 6 heteroatoms. The summed E-state index contributed by atoms with van der Waals surface area (Å²) in [5.41, 5.74) is 1.57. The van der Waals surface area contributed by atoms with Gasteiger partial charge in [-0.1, -0.05) is 19.9 Å². The quantitative estimate of drug-likeness (QED) is 0.835. The van der Waals surface area contributed by atoms with Gasteiger partial charge in [-0.05, 0) is 44.0 Å². The van der Waals surface area contributed by atoms with Gasteiger partial charge in [0.15, 0.2) is 0 Å². The summed E-state index contributed by atoms with van der Waals surface area (Å²) in [4.78, 5) is 23.1. The molecule has 128 valence electrons. The highest BCUT2D eigenvalue weighted by Crippen LogP contribution is 2.16. The van der Waals surface area contributed by atoms with E-state index >= 15 is 0 Å². The zero-order valence-electron chi connectivity index (χ0n) is 14.3. The van der Waals surface area contributed by atoms with Gasteiger partial charge in [0.25, 0.3) is 5.91 Å². The summed E-state index contributed by atoms with van der Waals surface area (Å²) in [7, 11) is 0. The molecule has 0 bridgehead atoms. The van der Waals surface area contributed by atoms with Gasteiger partial charge in [-0.3, -0.25) is 4.79 Å². The maximum absolute atomic E-state index is 13.3. The molecule has 5 nitrogen and oxygen atoms in total. The molecular weight excluding hydrogens is 307 g/mol. The van der Waals surface area contributed by atoms with Crippen molar-refractivity contribution in [2.75, 3.05) is 18.4 Å². The Hall–Kier alpha value is -2.50. The number of rotatable bonds is 7. The Morgan fingerprint density at radius 1 is 1.17 bits per heavy atom. The van der Waals surface area contributed by atoms with E-state index in [9.17, 15) is 9.18 Å². The SMILES string of the molecule is CCCN(CCC)C(=O)c1cc(C)nc(Nc2cccc(F)c2)n1. The van der Waals surface area contributed by atoms with Crippen LogP contribution >= 0.6 is 0 Å². The number of anilines is 2. The summed E-state index contributed by atoms with van der Waals surface area (Å²) in [6.45, 7) is 7.28. The topological polar surface area (TPSA) is 58.1 Å². The summed E-state index contributed by atoms with van der Waals surface area (Å²) >= 11 is 0. The van der Waals surface area contributed by atoms with Crippen LogP contribution in [0.15, 0.2) is 30.3 Å². The van der Waals surface area contributed by atoms with E-state index in [1.807, 2.05) is 13.8 Å². The zero-order valence-corrected chi connectivity index (χ0v) is 14.3. The molecule has 1 heterocycles. The molecule has 0 aliphatic carbocycles. The summed E-state index contributed by atoms with van der Waals surface area (Å²) in [5.74, 6) is -0.163. The fourth-order valence-electron chi connectivity index (χ4n) is 2.45. The van der Waals surface area contributed by atoms with Crippen LogP contribution in [0.4, 0.5) is 16.0 Å². The number of hydrogen-bond donors (Lipinski definition) is 1. The molecule has 0 atom stereocenters. The predicted molar refractivity (Wildman–Crippen MR) is 92.9 cm³/mol. The number of aryl methyl sites for hydroxylation is 1. The molecule has 24 heavy (non-hydrogen) atoms. The monoisotopic (exact) mass is 330 g/mol. The van der Waals surface area contributed by atoms with Crippen molar-refractivity contribution in [2.24, 2.45) is 0 Å². The number of hydrogen-bond acceptors (Lipinski definition) is 4. The van der Waals surface area contributed by atoms with Crippen LogP contribution in [-0.4, -0.2) is 33.9 Å². The molecule has 0 aliphatic heterocycles. The first-order valence-electron chi connectivity index (χ1n) is 8.21. The second-order valence-electron chi connectivity index (χ2n) is 5.65. The van der Waals surface area contributed by atoms with Crippen molar-refractivity contribution in [3.05, 3.63) is 47.5 Å². The van der Waals surface area contributed by atoms with Crippen LogP contribution in [0.1, 0.15) is 42.9 Å². The largest absolute Gasteiger partial charge is 0.337 e. The molecule has 0 spiro atoms. The van der Waals surface area contributed by atoms with E-state index in [0.717, 1.165) is 12.8 Å². The lowest BCUT2D eigenvalue weighted by atomic mass is 10.2. The van der Waals surface area contributed by atoms with Crippen LogP contribution in [0.5, 0.6) is 0 Å². The van der Waals surface area contributed by atoms with E-state index in [1.54, 1.807) is 30.0 Å². The van der Waals surface area contributed by atoms with E-state index in [1.165, 1.54) is 12.1 Å². The predicted octanol–water partition coefficient (Wildman–Crippen LogP) is 3.93. The molecule has 0 radical (unpaired) electrons. The highest BCUT2D eigenvalue weighted by Gasteiger charge is 2.17. The molecule has 1 aromatic heterocycles. The van der Waals surface area contributed by atoms with E-state index in [4.69, 9.17) is 0 Å². The number of carbonyl (C=O) groups is 1. The molecule has 0 unspecified atom stereocenters. The van der Waals surface area contributed by atoms with Gasteiger partial charge < -0.3 is 10.2 Å². The number of aromatic nitrogens is 2. The van der Waals surface area contributed by atoms with Crippen molar-refractivity contribution >= 4 is 17.5 Å². The van der Waals surface area contributed by atoms with Crippen LogP contribution in [-0.2, 0) is 0 Å². The number of carbonyl (C=O) groups excluding carboxylic acids is 1. The number of amides is 1. The van der Waals surface area contributed by atoms with Gasteiger partial charge >= 0.3 is 0 Å². The number of halogens is 1. The fourth-order valence-corrected chi connectivity index (χ4v) is 2.45. The summed E-state index contributed by atoms with van der Waals surface area (Å²) in [6.07, 6.45) is 1.79. The minimum Gasteiger partial charge on any atom is -0.337 e. The van der Waals surface area contributed by atoms with Gasteiger partial charge in [-0.2, -0.15) is 0 Å². The van der Waals surface area contributed by atoms with Crippen molar-refractivity contribution in [1.29, 1.82) is 0 Å². The van der Waals surface area contributed by atoms with Gasteiger partial charge in [-0.15, -0.1) is 0 Å². The molecule has 2 aromatic rings. The Balaban J connectivity index is 2.25. The fraction of sp³-hybridized carbons (Fsp3) is 0.389. The number of benzene rings is 1. The molecule has 1 N–H and O–H groups in total. The Bertz CT molecular complexity index is 699. The Morgan fingerprint density at radius 3 is 2.50 bits per heavy atom. The minimum absolute atomic E-state index is 0.105. The van der Waals surface area contributed by atoms with Crippen molar-refractivity contribution in [3.63, 3.8) is 0 Å². The molecule has 0 aliphatic rings. The van der Waals surface area contributed by atoms with E-state index < -0.39 is 0 Å². The van der Waals surface area contributed by atoms with Crippen molar-refractivity contribution < 1.29 is 9.18 Å². The van der Waals surface area contributed by atoms with E-state index in [0.29, 0.717) is 30.2 Å². The lowest BCUT2D eigenvalue weighted by molar-refractivity contribution is 0.0749. The maximum Gasteiger partial charge on any atom is 0.272 e. The van der Waals surface area contributed by atoms with Gasteiger partial charge in [0.1, 0.15) is 11.5 Å². The van der Waals surface area contributed by atoms with Crippen LogP contribution < -0.4 is 5.32 Å². The Morgan fingerprint density at radius 2 is 1.88 bits per heavy atom. The minimum atomic E-state index is -0.346. The van der Waals surface area contributed by atoms with E-state index in [-0.39, 0.29) is 17.7 Å². The first-order valence-corrected chi connectivity index (χ1v) is 8.21. The molecule has 2 rings (SSSR count). The first kappa shape index (κ1) is 17.8. The van der Waals surface area contributed by atoms with Crippen LogP contribution in [0.3, 0.4) is 0 Å². The summed E-state index contributed by atoms with van der Waals surface area (Å²) in [5, 5.41) is 2.95. The van der Waals surface area contributed by atoms with Crippen molar-refractivity contribution in [3.8, 4) is 0 Å². The average molecular weight is 330 g/mol. The zero-order chi connectivity index (χ0) is 17.5. The maximum atomic E-state index is 13.3. The third-order valence-electron chi connectivity index (χ3n) is 3.43. The molecule has 1 aromatic carbocycles. The van der Waals surface area contributed by atoms with E-state index in [2.05, 4.69) is 15.3 Å². The summed E-state index contributed by atoms with van der Waals surface area (Å²) < 4.78 is 13.3. The normalized spacial score (nSPS) is 10.5. The smallest absolute Gasteiger partial charge is 0.272 e.